The Labute approximate surface area is 102 Å². The summed E-state index contributed by atoms with van der Waals surface area (Å²) < 4.78 is 1.33. The lowest BCUT2D eigenvalue weighted by atomic mass is 9.94. The number of rotatable bonds is 1. The fraction of sp³-hybridized carbons (Fsp3) is 0.333. The highest BCUT2D eigenvalue weighted by molar-refractivity contribution is 9.14. The molecule has 2 heteroatoms. The molecule has 1 atom stereocenters. The predicted molar refractivity (Wildman–Crippen MR) is 68.9 cm³/mol. The van der Waals surface area contributed by atoms with Gasteiger partial charge < -0.3 is 0 Å². The van der Waals surface area contributed by atoms with E-state index in [1.807, 2.05) is 0 Å². The lowest BCUT2D eigenvalue weighted by Gasteiger charge is -2.21. The predicted octanol–water partition coefficient (Wildman–Crippen LogP) is 4.74. The molecule has 74 valence electrons. The maximum absolute atomic E-state index is 3.69. The van der Waals surface area contributed by atoms with Crippen LogP contribution in [0.25, 0.3) is 5.57 Å². The van der Waals surface area contributed by atoms with E-state index in [4.69, 9.17) is 0 Å². The molecule has 0 saturated heterocycles. The summed E-state index contributed by atoms with van der Waals surface area (Å²) >= 11 is 7.38. The van der Waals surface area contributed by atoms with Gasteiger partial charge in [0.1, 0.15) is 0 Å². The zero-order valence-electron chi connectivity index (χ0n) is 7.84. The average Bonchev–Trinajstić information content (AvgIpc) is 2.23. The third-order valence-electron chi connectivity index (χ3n) is 2.57. The summed E-state index contributed by atoms with van der Waals surface area (Å²) in [5.41, 5.74) is 2.81. The van der Waals surface area contributed by atoms with E-state index >= 15 is 0 Å². The molecular weight excluding hydrogens is 304 g/mol. The van der Waals surface area contributed by atoms with E-state index in [1.54, 1.807) is 0 Å². The molecule has 0 aromatic heterocycles. The summed E-state index contributed by atoms with van der Waals surface area (Å²) in [7, 11) is 0. The Bertz CT molecular complexity index is 341. The summed E-state index contributed by atoms with van der Waals surface area (Å²) in [6.07, 6.45) is 3.69. The molecule has 0 aliphatic heterocycles. The van der Waals surface area contributed by atoms with Crippen molar-refractivity contribution in [3.63, 3.8) is 0 Å². The van der Waals surface area contributed by atoms with Gasteiger partial charge in [-0.15, -0.1) is 0 Å². The maximum atomic E-state index is 3.69. The first kappa shape index (κ1) is 10.4. The first-order valence-electron chi connectivity index (χ1n) is 4.87. The van der Waals surface area contributed by atoms with Crippen molar-refractivity contribution in [3.05, 3.63) is 40.4 Å². The zero-order valence-corrected chi connectivity index (χ0v) is 11.0. The van der Waals surface area contributed by atoms with Crippen molar-refractivity contribution >= 4 is 37.4 Å². The molecule has 14 heavy (non-hydrogen) atoms. The van der Waals surface area contributed by atoms with Crippen molar-refractivity contribution in [2.75, 3.05) is 0 Å². The van der Waals surface area contributed by atoms with Gasteiger partial charge in [-0.3, -0.25) is 0 Å². The molecule has 1 aliphatic carbocycles. The number of hydrogen-bond donors (Lipinski definition) is 0. The van der Waals surface area contributed by atoms with Crippen LogP contribution in [0.4, 0.5) is 0 Å². The standard InChI is InChI=1S/C12H12Br2/c13-11-8-4-7-10(12(11)14)9-5-2-1-3-6-9/h1-3,5-6,11H,4,7-8H2. The smallest absolute Gasteiger partial charge is 0.0464 e. The molecule has 0 saturated carbocycles. The zero-order chi connectivity index (χ0) is 9.97. The lowest BCUT2D eigenvalue weighted by molar-refractivity contribution is 0.755. The van der Waals surface area contributed by atoms with Gasteiger partial charge in [0.05, 0.1) is 0 Å². The van der Waals surface area contributed by atoms with Gasteiger partial charge in [0.15, 0.2) is 0 Å². The summed E-state index contributed by atoms with van der Waals surface area (Å²) in [6.45, 7) is 0. The minimum absolute atomic E-state index is 0.506. The molecule has 0 nitrogen and oxygen atoms in total. The van der Waals surface area contributed by atoms with Crippen LogP contribution in [0.15, 0.2) is 34.8 Å². The fourth-order valence-corrected chi connectivity index (χ4v) is 3.07. The first-order valence-corrected chi connectivity index (χ1v) is 6.58. The summed E-state index contributed by atoms with van der Waals surface area (Å²) in [4.78, 5) is 0.506. The molecule has 0 N–H and O–H groups in total. The van der Waals surface area contributed by atoms with E-state index < -0.39 is 0 Å². The van der Waals surface area contributed by atoms with Crippen molar-refractivity contribution in [2.24, 2.45) is 0 Å². The molecule has 1 unspecified atom stereocenters. The van der Waals surface area contributed by atoms with Crippen molar-refractivity contribution < 1.29 is 0 Å². The van der Waals surface area contributed by atoms with Crippen LogP contribution in [0.1, 0.15) is 24.8 Å². The number of allylic oxidation sites excluding steroid dienone is 2. The highest BCUT2D eigenvalue weighted by Gasteiger charge is 2.19. The second-order valence-electron chi connectivity index (χ2n) is 3.55. The van der Waals surface area contributed by atoms with Crippen LogP contribution in [-0.2, 0) is 0 Å². The Morgan fingerprint density at radius 1 is 1.14 bits per heavy atom. The molecule has 0 spiro atoms. The number of hydrogen-bond acceptors (Lipinski definition) is 0. The fourth-order valence-electron chi connectivity index (χ4n) is 1.81. The molecule has 0 radical (unpaired) electrons. The highest BCUT2D eigenvalue weighted by Crippen LogP contribution is 2.38. The van der Waals surface area contributed by atoms with E-state index in [0.717, 1.165) is 0 Å². The maximum Gasteiger partial charge on any atom is 0.0464 e. The molecule has 1 aromatic rings. The largest absolute Gasteiger partial charge is 0.0833 e. The van der Waals surface area contributed by atoms with E-state index in [-0.39, 0.29) is 0 Å². The Hall–Kier alpha value is -0.0800. The van der Waals surface area contributed by atoms with Crippen LogP contribution in [0.3, 0.4) is 0 Å². The van der Waals surface area contributed by atoms with Crippen molar-refractivity contribution in [2.45, 2.75) is 24.1 Å². The second-order valence-corrected chi connectivity index (χ2v) is 5.51. The molecule has 2 rings (SSSR count). The normalized spacial score (nSPS) is 22.6. The average molecular weight is 316 g/mol. The summed E-state index contributed by atoms with van der Waals surface area (Å²) in [5.74, 6) is 0. The van der Waals surface area contributed by atoms with E-state index in [0.29, 0.717) is 4.83 Å². The van der Waals surface area contributed by atoms with Gasteiger partial charge in [0, 0.05) is 9.31 Å². The second kappa shape index (κ2) is 4.63. The molecule has 0 fully saturated rings. The van der Waals surface area contributed by atoms with Crippen molar-refractivity contribution in [1.29, 1.82) is 0 Å². The molecule has 0 bridgehead atoms. The van der Waals surface area contributed by atoms with Gasteiger partial charge in [-0.1, -0.05) is 62.2 Å². The number of benzene rings is 1. The van der Waals surface area contributed by atoms with Gasteiger partial charge >= 0.3 is 0 Å². The van der Waals surface area contributed by atoms with Crippen molar-refractivity contribution in [1.82, 2.24) is 0 Å². The minimum atomic E-state index is 0.506. The Kier molecular flexibility index (Phi) is 3.45. The van der Waals surface area contributed by atoms with Gasteiger partial charge in [0.2, 0.25) is 0 Å². The highest BCUT2D eigenvalue weighted by atomic mass is 79.9. The molecule has 1 aliphatic rings. The Morgan fingerprint density at radius 2 is 1.86 bits per heavy atom. The quantitative estimate of drug-likeness (QED) is 0.657. The molecule has 0 heterocycles. The van der Waals surface area contributed by atoms with E-state index in [1.165, 1.54) is 34.9 Å². The molecule has 1 aromatic carbocycles. The van der Waals surface area contributed by atoms with E-state index in [9.17, 15) is 0 Å². The Morgan fingerprint density at radius 3 is 2.57 bits per heavy atom. The molecule has 0 amide bonds. The summed E-state index contributed by atoms with van der Waals surface area (Å²) in [6, 6.07) is 10.6. The van der Waals surface area contributed by atoms with Crippen LogP contribution in [0.5, 0.6) is 0 Å². The van der Waals surface area contributed by atoms with Crippen LogP contribution in [0.2, 0.25) is 0 Å². The summed E-state index contributed by atoms with van der Waals surface area (Å²) in [5, 5.41) is 0. The number of alkyl halides is 1. The minimum Gasteiger partial charge on any atom is -0.0833 e. The van der Waals surface area contributed by atoms with Crippen LogP contribution < -0.4 is 0 Å². The third-order valence-corrected chi connectivity index (χ3v) is 5.13. The topological polar surface area (TPSA) is 0 Å². The lowest BCUT2D eigenvalue weighted by Crippen LogP contribution is -2.06. The van der Waals surface area contributed by atoms with Crippen molar-refractivity contribution in [3.8, 4) is 0 Å². The molecular formula is C12H12Br2. The van der Waals surface area contributed by atoms with Crippen LogP contribution in [0, 0.1) is 0 Å². The van der Waals surface area contributed by atoms with Gasteiger partial charge in [-0.25, -0.2) is 0 Å². The van der Waals surface area contributed by atoms with E-state index in [2.05, 4.69) is 62.2 Å². The van der Waals surface area contributed by atoms with Gasteiger partial charge in [-0.2, -0.15) is 0 Å². The van der Waals surface area contributed by atoms with Crippen LogP contribution >= 0.6 is 31.9 Å². The Balaban J connectivity index is 2.38. The first-order chi connectivity index (χ1) is 6.79. The van der Waals surface area contributed by atoms with Crippen LogP contribution in [-0.4, -0.2) is 4.83 Å². The third kappa shape index (κ3) is 2.12. The van der Waals surface area contributed by atoms with Gasteiger partial charge in [0.25, 0.3) is 0 Å². The monoisotopic (exact) mass is 314 g/mol. The van der Waals surface area contributed by atoms with Gasteiger partial charge in [-0.05, 0) is 30.4 Å². The number of halogens is 2. The SMILES string of the molecule is BrC1=C(c2ccccc2)CCCC1Br.